The van der Waals surface area contributed by atoms with Crippen molar-refractivity contribution in [3.05, 3.63) is 82.9 Å². The SMILES string of the molecule is CCOc1ccc(NC(=O)c2cn(CC)cc3c(=O)n(-c4ccccc4)nc2-3)cc1. The van der Waals surface area contributed by atoms with Crippen LogP contribution >= 0.6 is 0 Å². The van der Waals surface area contributed by atoms with Crippen LogP contribution in [-0.2, 0) is 6.54 Å². The number of para-hydroxylation sites is 1. The number of hydrogen-bond acceptors (Lipinski definition) is 4. The van der Waals surface area contributed by atoms with E-state index in [2.05, 4.69) is 10.4 Å². The summed E-state index contributed by atoms with van der Waals surface area (Å²) in [5, 5.41) is 7.35. The van der Waals surface area contributed by atoms with Crippen LogP contribution in [0.3, 0.4) is 0 Å². The summed E-state index contributed by atoms with van der Waals surface area (Å²) >= 11 is 0. The molecule has 0 bridgehead atoms. The normalized spacial score (nSPS) is 10.9. The van der Waals surface area contributed by atoms with Gasteiger partial charge in [-0.2, -0.15) is 9.78 Å². The molecule has 0 fully saturated rings. The number of benzene rings is 2. The molecule has 4 rings (SSSR count). The number of amides is 1. The number of ether oxygens (including phenoxy) is 1. The lowest BCUT2D eigenvalue weighted by Gasteiger charge is -2.12. The number of fused-ring (bicyclic) bond motifs is 1. The van der Waals surface area contributed by atoms with E-state index in [9.17, 15) is 9.59 Å². The Hall–Kier alpha value is -3.87. The summed E-state index contributed by atoms with van der Waals surface area (Å²) in [6.45, 7) is 5.06. The number of aryl methyl sites for hydroxylation is 1. The molecule has 0 atom stereocenters. The first kappa shape index (κ1) is 19.4. The van der Waals surface area contributed by atoms with E-state index in [-0.39, 0.29) is 11.5 Å². The van der Waals surface area contributed by atoms with E-state index in [1.807, 2.05) is 36.6 Å². The minimum Gasteiger partial charge on any atom is -0.494 e. The molecule has 2 heterocycles. The van der Waals surface area contributed by atoms with E-state index >= 15 is 0 Å². The number of nitrogens with one attached hydrogen (secondary N) is 1. The molecule has 7 heteroatoms. The zero-order valence-electron chi connectivity index (χ0n) is 16.8. The Morgan fingerprint density at radius 1 is 1.03 bits per heavy atom. The van der Waals surface area contributed by atoms with Crippen LogP contribution in [0.25, 0.3) is 16.9 Å². The number of pyridine rings is 1. The average Bonchev–Trinajstić information content (AvgIpc) is 3.11. The quantitative estimate of drug-likeness (QED) is 0.532. The Balaban J connectivity index is 1.74. The Morgan fingerprint density at radius 3 is 2.43 bits per heavy atom. The molecule has 0 spiro atoms. The van der Waals surface area contributed by atoms with Gasteiger partial charge in [-0.1, -0.05) is 18.2 Å². The van der Waals surface area contributed by atoms with E-state index in [1.165, 1.54) is 4.68 Å². The number of aromatic nitrogens is 3. The minimum atomic E-state index is -0.329. The number of carbonyl (C=O) groups is 1. The molecule has 0 radical (unpaired) electrons. The van der Waals surface area contributed by atoms with Crippen molar-refractivity contribution >= 4 is 11.6 Å². The van der Waals surface area contributed by atoms with Gasteiger partial charge in [0, 0.05) is 24.6 Å². The van der Waals surface area contributed by atoms with E-state index in [0.717, 1.165) is 5.75 Å². The average molecular weight is 402 g/mol. The van der Waals surface area contributed by atoms with Crippen molar-refractivity contribution in [3.8, 4) is 22.7 Å². The maximum absolute atomic E-state index is 13.1. The summed E-state index contributed by atoms with van der Waals surface area (Å²) in [5.41, 5.74) is 2.15. The van der Waals surface area contributed by atoms with Crippen LogP contribution in [0.4, 0.5) is 5.69 Å². The first-order chi connectivity index (χ1) is 14.6. The topological polar surface area (TPSA) is 78.1 Å². The lowest BCUT2D eigenvalue weighted by molar-refractivity contribution is 0.102. The number of hydrogen-bond donors (Lipinski definition) is 1. The van der Waals surface area contributed by atoms with Crippen LogP contribution in [0.2, 0.25) is 0 Å². The van der Waals surface area contributed by atoms with Gasteiger partial charge in [0.25, 0.3) is 11.5 Å². The third-order valence-electron chi connectivity index (χ3n) is 4.76. The fourth-order valence-electron chi connectivity index (χ4n) is 3.25. The van der Waals surface area contributed by atoms with Crippen molar-refractivity contribution in [1.82, 2.24) is 14.3 Å². The molecule has 2 aliphatic rings. The van der Waals surface area contributed by atoms with Crippen LogP contribution in [0, 0.1) is 0 Å². The number of rotatable bonds is 6. The van der Waals surface area contributed by atoms with Crippen LogP contribution < -0.4 is 15.6 Å². The number of anilines is 1. The maximum Gasteiger partial charge on any atom is 0.282 e. The molecular formula is C23H22N4O3. The van der Waals surface area contributed by atoms with Gasteiger partial charge in [-0.15, -0.1) is 0 Å². The molecule has 7 nitrogen and oxygen atoms in total. The van der Waals surface area contributed by atoms with Gasteiger partial charge in [0.1, 0.15) is 11.4 Å². The van der Waals surface area contributed by atoms with Crippen molar-refractivity contribution in [3.63, 3.8) is 0 Å². The fraction of sp³-hybridized carbons (Fsp3) is 0.174. The van der Waals surface area contributed by atoms with Gasteiger partial charge >= 0.3 is 0 Å². The van der Waals surface area contributed by atoms with Crippen molar-refractivity contribution in [2.45, 2.75) is 20.4 Å². The van der Waals surface area contributed by atoms with Crippen LogP contribution in [0.15, 0.2) is 71.8 Å². The van der Waals surface area contributed by atoms with Crippen molar-refractivity contribution < 1.29 is 9.53 Å². The minimum absolute atomic E-state index is 0.255. The van der Waals surface area contributed by atoms with Crippen LogP contribution in [-0.4, -0.2) is 26.9 Å². The zero-order valence-corrected chi connectivity index (χ0v) is 16.8. The second kappa shape index (κ2) is 8.24. The summed E-state index contributed by atoms with van der Waals surface area (Å²) in [6.07, 6.45) is 3.45. The van der Waals surface area contributed by atoms with Crippen LogP contribution in [0.1, 0.15) is 24.2 Å². The standard InChI is InChI=1S/C23H22N4O3/c1-3-26-14-19(22(28)24-16-10-12-18(13-11-16)30-4-2)21-20(15-26)23(29)27(25-21)17-8-6-5-7-9-17/h5-15H,3-4H2,1-2H3,(H,24,28). The highest BCUT2D eigenvalue weighted by Gasteiger charge is 2.24. The first-order valence-corrected chi connectivity index (χ1v) is 9.83. The number of nitrogens with zero attached hydrogens (tertiary/aromatic N) is 3. The summed E-state index contributed by atoms with van der Waals surface area (Å²) < 4.78 is 8.58. The Morgan fingerprint density at radius 2 is 1.77 bits per heavy atom. The number of carbonyl (C=O) groups excluding carboxylic acids is 1. The van der Waals surface area contributed by atoms with Gasteiger partial charge in [-0.25, -0.2) is 0 Å². The van der Waals surface area contributed by atoms with Gasteiger partial charge in [0.15, 0.2) is 0 Å². The molecule has 30 heavy (non-hydrogen) atoms. The Bertz CT molecular complexity index is 1190. The zero-order chi connectivity index (χ0) is 21.1. The summed E-state index contributed by atoms with van der Waals surface area (Å²) in [4.78, 5) is 26.0. The molecule has 2 aliphatic heterocycles. The monoisotopic (exact) mass is 402 g/mol. The maximum atomic E-state index is 13.1. The highest BCUT2D eigenvalue weighted by Crippen LogP contribution is 2.24. The van der Waals surface area contributed by atoms with Gasteiger partial charge in [-0.3, -0.25) is 9.59 Å². The third-order valence-corrected chi connectivity index (χ3v) is 4.76. The largest absolute Gasteiger partial charge is 0.494 e. The second-order valence-corrected chi connectivity index (χ2v) is 6.73. The van der Waals surface area contributed by atoms with Gasteiger partial charge in [0.2, 0.25) is 0 Å². The Kier molecular flexibility index (Phi) is 5.34. The molecule has 0 aromatic heterocycles. The predicted octanol–water partition coefficient (Wildman–Crippen LogP) is 3.81. The smallest absolute Gasteiger partial charge is 0.282 e. The molecule has 2 aromatic rings. The van der Waals surface area contributed by atoms with E-state index < -0.39 is 0 Å². The molecular weight excluding hydrogens is 380 g/mol. The highest BCUT2D eigenvalue weighted by molar-refractivity contribution is 6.08. The highest BCUT2D eigenvalue weighted by atomic mass is 16.5. The summed E-state index contributed by atoms with van der Waals surface area (Å²) in [7, 11) is 0. The lowest BCUT2D eigenvalue weighted by atomic mass is 10.1. The van der Waals surface area contributed by atoms with E-state index in [1.54, 1.807) is 48.8 Å². The summed E-state index contributed by atoms with van der Waals surface area (Å²) in [5.74, 6) is 0.406. The molecule has 0 saturated heterocycles. The third kappa shape index (κ3) is 3.69. The predicted molar refractivity (Wildman–Crippen MR) is 116 cm³/mol. The van der Waals surface area contributed by atoms with Crippen molar-refractivity contribution in [2.24, 2.45) is 0 Å². The molecule has 0 unspecified atom stereocenters. The fourth-order valence-corrected chi connectivity index (χ4v) is 3.25. The summed E-state index contributed by atoms with van der Waals surface area (Å²) in [6, 6.07) is 16.3. The van der Waals surface area contributed by atoms with E-state index in [4.69, 9.17) is 4.74 Å². The molecule has 152 valence electrons. The van der Waals surface area contributed by atoms with Gasteiger partial charge < -0.3 is 14.6 Å². The molecule has 0 aliphatic carbocycles. The Labute approximate surface area is 173 Å². The van der Waals surface area contributed by atoms with Gasteiger partial charge in [-0.05, 0) is 50.2 Å². The van der Waals surface area contributed by atoms with Gasteiger partial charge in [0.05, 0.1) is 23.4 Å². The molecule has 1 N–H and O–H groups in total. The molecule has 2 aromatic carbocycles. The van der Waals surface area contributed by atoms with E-state index in [0.29, 0.717) is 41.3 Å². The lowest BCUT2D eigenvalue weighted by Crippen LogP contribution is -2.17. The van der Waals surface area contributed by atoms with Crippen molar-refractivity contribution in [1.29, 1.82) is 0 Å². The first-order valence-electron chi connectivity index (χ1n) is 9.83. The van der Waals surface area contributed by atoms with Crippen molar-refractivity contribution in [2.75, 3.05) is 11.9 Å². The second-order valence-electron chi connectivity index (χ2n) is 6.73. The van der Waals surface area contributed by atoms with Crippen LogP contribution in [0.5, 0.6) is 5.75 Å². The molecule has 1 amide bonds. The molecule has 0 saturated carbocycles.